The predicted octanol–water partition coefficient (Wildman–Crippen LogP) is 4.51. The van der Waals surface area contributed by atoms with E-state index in [0.29, 0.717) is 16.7 Å². The van der Waals surface area contributed by atoms with Gasteiger partial charge in [-0.15, -0.1) is 0 Å². The van der Waals surface area contributed by atoms with Crippen molar-refractivity contribution >= 4 is 11.6 Å². The molecule has 0 unspecified atom stereocenters. The largest absolute Gasteiger partial charge is 0.334 e. The van der Waals surface area contributed by atoms with Crippen LogP contribution < -0.4 is 0 Å². The fourth-order valence-electron chi connectivity index (χ4n) is 2.29. The Hall–Kier alpha value is -3.05. The summed E-state index contributed by atoms with van der Waals surface area (Å²) in [7, 11) is 0. The number of halogens is 1. The number of rotatable bonds is 3. The first-order chi connectivity index (χ1) is 11.8. The molecule has 4 aromatic rings. The van der Waals surface area contributed by atoms with E-state index in [1.807, 2.05) is 36.4 Å². The maximum absolute atomic E-state index is 5.99. The van der Waals surface area contributed by atoms with Gasteiger partial charge in [-0.2, -0.15) is 4.98 Å². The second-order valence-electron chi connectivity index (χ2n) is 5.11. The molecule has 0 aliphatic carbocycles. The predicted molar refractivity (Wildman–Crippen MR) is 91.2 cm³/mol. The molecule has 0 spiro atoms. The number of hydrogen-bond donors (Lipinski definition) is 0. The highest BCUT2D eigenvalue weighted by Gasteiger charge is 2.11. The van der Waals surface area contributed by atoms with Crippen LogP contribution in [0, 0.1) is 0 Å². The van der Waals surface area contributed by atoms with Crippen molar-refractivity contribution in [3.63, 3.8) is 0 Å². The zero-order valence-corrected chi connectivity index (χ0v) is 13.2. The molecule has 0 aliphatic rings. The zero-order chi connectivity index (χ0) is 16.4. The molecule has 0 aliphatic heterocycles. The molecule has 6 heteroatoms. The quantitative estimate of drug-likeness (QED) is 0.551. The summed E-state index contributed by atoms with van der Waals surface area (Å²) in [6.07, 6.45) is 5.21. The van der Waals surface area contributed by atoms with E-state index in [2.05, 4.69) is 20.1 Å². The second kappa shape index (κ2) is 6.22. The van der Waals surface area contributed by atoms with Crippen LogP contribution in [0.2, 0.25) is 5.02 Å². The van der Waals surface area contributed by atoms with Gasteiger partial charge in [0.1, 0.15) is 0 Å². The van der Waals surface area contributed by atoms with Crippen LogP contribution in [0.25, 0.3) is 34.1 Å². The van der Waals surface area contributed by atoms with Gasteiger partial charge in [-0.25, -0.2) is 0 Å². The maximum atomic E-state index is 5.99. The third-order valence-electron chi connectivity index (χ3n) is 3.48. The van der Waals surface area contributed by atoms with Crippen molar-refractivity contribution in [3.8, 4) is 34.1 Å². The summed E-state index contributed by atoms with van der Waals surface area (Å²) in [5.74, 6) is 0.902. The van der Waals surface area contributed by atoms with Crippen LogP contribution in [0.3, 0.4) is 0 Å². The molecular formula is C18H11ClN4O. The summed E-state index contributed by atoms with van der Waals surface area (Å²) < 4.78 is 5.33. The molecule has 4 rings (SSSR count). The lowest BCUT2D eigenvalue weighted by Crippen LogP contribution is -1.86. The normalized spacial score (nSPS) is 10.7. The van der Waals surface area contributed by atoms with E-state index < -0.39 is 0 Å². The Kier molecular flexibility index (Phi) is 3.76. The van der Waals surface area contributed by atoms with E-state index >= 15 is 0 Å². The lowest BCUT2D eigenvalue weighted by molar-refractivity contribution is 0.432. The minimum Gasteiger partial charge on any atom is -0.334 e. The molecule has 0 bridgehead atoms. The van der Waals surface area contributed by atoms with Gasteiger partial charge >= 0.3 is 0 Å². The molecular weight excluding hydrogens is 324 g/mol. The highest BCUT2D eigenvalue weighted by atomic mass is 35.5. The van der Waals surface area contributed by atoms with Crippen LogP contribution in [0.4, 0.5) is 0 Å². The van der Waals surface area contributed by atoms with Crippen LogP contribution >= 0.6 is 11.6 Å². The molecule has 0 saturated carbocycles. The van der Waals surface area contributed by atoms with Crippen molar-refractivity contribution < 1.29 is 4.52 Å². The topological polar surface area (TPSA) is 64.7 Å². The first-order valence-corrected chi connectivity index (χ1v) is 7.64. The summed E-state index contributed by atoms with van der Waals surface area (Å²) in [6.45, 7) is 0. The first-order valence-electron chi connectivity index (χ1n) is 7.26. The van der Waals surface area contributed by atoms with E-state index in [1.54, 1.807) is 30.7 Å². The summed E-state index contributed by atoms with van der Waals surface area (Å²) in [4.78, 5) is 12.9. The van der Waals surface area contributed by atoms with E-state index in [-0.39, 0.29) is 0 Å². The van der Waals surface area contributed by atoms with Crippen molar-refractivity contribution in [2.45, 2.75) is 0 Å². The smallest absolute Gasteiger partial charge is 0.259 e. The van der Waals surface area contributed by atoms with Gasteiger partial charge in [-0.05, 0) is 36.4 Å². The van der Waals surface area contributed by atoms with Crippen LogP contribution in [-0.4, -0.2) is 20.1 Å². The molecule has 24 heavy (non-hydrogen) atoms. The summed E-state index contributed by atoms with van der Waals surface area (Å²) >= 11 is 5.99. The first kappa shape index (κ1) is 14.5. The Morgan fingerprint density at radius 1 is 0.875 bits per heavy atom. The van der Waals surface area contributed by atoms with Gasteiger partial charge in [0.05, 0.1) is 11.3 Å². The van der Waals surface area contributed by atoms with Crippen LogP contribution in [0.1, 0.15) is 0 Å². The lowest BCUT2D eigenvalue weighted by Gasteiger charge is -2.00. The van der Waals surface area contributed by atoms with Gasteiger partial charge in [-0.3, -0.25) is 9.97 Å². The molecule has 0 N–H and O–H groups in total. The Morgan fingerprint density at radius 3 is 2.54 bits per heavy atom. The Bertz CT molecular complexity index is 968. The third kappa shape index (κ3) is 2.89. The molecule has 0 amide bonds. The van der Waals surface area contributed by atoms with Crippen LogP contribution in [-0.2, 0) is 0 Å². The molecule has 3 aromatic heterocycles. The number of aromatic nitrogens is 4. The number of nitrogens with zero attached hydrogens (tertiary/aromatic N) is 4. The maximum Gasteiger partial charge on any atom is 0.259 e. The van der Waals surface area contributed by atoms with E-state index in [4.69, 9.17) is 16.1 Å². The summed E-state index contributed by atoms with van der Waals surface area (Å²) in [6, 6.07) is 14.9. The highest BCUT2D eigenvalue weighted by Crippen LogP contribution is 2.25. The van der Waals surface area contributed by atoms with E-state index in [0.717, 1.165) is 22.4 Å². The monoisotopic (exact) mass is 334 g/mol. The van der Waals surface area contributed by atoms with E-state index in [9.17, 15) is 0 Å². The fraction of sp³-hybridized carbons (Fsp3) is 0. The van der Waals surface area contributed by atoms with Gasteiger partial charge in [0.2, 0.25) is 5.82 Å². The number of hydrogen-bond acceptors (Lipinski definition) is 5. The minimum absolute atomic E-state index is 0.412. The SMILES string of the molecule is Clc1cccc(-c2noc(-c3ccc(-c4cccnc4)nc3)n2)c1. The zero-order valence-electron chi connectivity index (χ0n) is 12.4. The van der Waals surface area contributed by atoms with Crippen LogP contribution in [0.5, 0.6) is 0 Å². The Morgan fingerprint density at radius 2 is 1.79 bits per heavy atom. The highest BCUT2D eigenvalue weighted by molar-refractivity contribution is 6.30. The van der Waals surface area contributed by atoms with E-state index in [1.165, 1.54) is 0 Å². The molecule has 0 fully saturated rings. The average molecular weight is 335 g/mol. The van der Waals surface area contributed by atoms with Crippen LogP contribution in [0.15, 0.2) is 71.6 Å². The van der Waals surface area contributed by atoms with Gasteiger partial charge in [-0.1, -0.05) is 28.9 Å². The molecule has 0 radical (unpaired) electrons. The fourth-order valence-corrected chi connectivity index (χ4v) is 2.48. The standard InChI is InChI=1S/C18H11ClN4O/c19-15-5-1-3-12(9-15)17-22-18(24-23-17)14-6-7-16(21-11-14)13-4-2-8-20-10-13/h1-11H. The number of pyridine rings is 2. The Balaban J connectivity index is 1.63. The summed E-state index contributed by atoms with van der Waals surface area (Å²) in [5.41, 5.74) is 3.34. The number of benzene rings is 1. The van der Waals surface area contributed by atoms with Gasteiger partial charge < -0.3 is 4.52 Å². The van der Waals surface area contributed by atoms with Crippen molar-refractivity contribution in [2.75, 3.05) is 0 Å². The molecule has 1 aromatic carbocycles. The van der Waals surface area contributed by atoms with Crippen molar-refractivity contribution in [2.24, 2.45) is 0 Å². The second-order valence-corrected chi connectivity index (χ2v) is 5.54. The molecule has 5 nitrogen and oxygen atoms in total. The van der Waals surface area contributed by atoms with Gasteiger partial charge in [0.25, 0.3) is 5.89 Å². The summed E-state index contributed by atoms with van der Waals surface area (Å²) in [5, 5.41) is 4.63. The Labute approximate surface area is 143 Å². The molecule has 116 valence electrons. The average Bonchev–Trinajstić information content (AvgIpc) is 3.13. The van der Waals surface area contributed by atoms with Gasteiger partial charge in [0, 0.05) is 34.7 Å². The van der Waals surface area contributed by atoms with Crippen molar-refractivity contribution in [1.82, 2.24) is 20.1 Å². The third-order valence-corrected chi connectivity index (χ3v) is 3.71. The van der Waals surface area contributed by atoms with Crippen molar-refractivity contribution in [3.05, 3.63) is 72.1 Å². The molecule has 3 heterocycles. The van der Waals surface area contributed by atoms with Gasteiger partial charge in [0.15, 0.2) is 0 Å². The minimum atomic E-state index is 0.412. The molecule has 0 saturated heterocycles. The van der Waals surface area contributed by atoms with Crippen molar-refractivity contribution in [1.29, 1.82) is 0 Å². The molecule has 0 atom stereocenters. The lowest BCUT2D eigenvalue weighted by atomic mass is 10.1.